The van der Waals surface area contributed by atoms with Gasteiger partial charge in [0, 0.05) is 0 Å². The Balaban J connectivity index is 2.71. The van der Waals surface area contributed by atoms with Gasteiger partial charge in [-0.2, -0.15) is 0 Å². The van der Waals surface area contributed by atoms with Crippen LogP contribution >= 0.6 is 0 Å². The van der Waals surface area contributed by atoms with Gasteiger partial charge >= 0.3 is 0 Å². The van der Waals surface area contributed by atoms with Gasteiger partial charge in [0.05, 0.1) is 8.07 Å². The molecule has 0 radical (unpaired) electrons. The average Bonchev–Trinajstić information content (AvgIpc) is 2.40. The molecule has 0 bridgehead atoms. The van der Waals surface area contributed by atoms with Crippen LogP contribution < -0.4 is 0 Å². The van der Waals surface area contributed by atoms with Crippen molar-refractivity contribution in [2.75, 3.05) is 0 Å². The summed E-state index contributed by atoms with van der Waals surface area (Å²) in [4.78, 5) is 0. The summed E-state index contributed by atoms with van der Waals surface area (Å²) in [5.41, 5.74) is 0. The minimum absolute atomic E-state index is 0.632. The quantitative estimate of drug-likeness (QED) is 0.408. The van der Waals surface area contributed by atoms with Crippen LogP contribution in [0.3, 0.4) is 0 Å². The van der Waals surface area contributed by atoms with Crippen LogP contribution in [-0.4, -0.2) is 8.07 Å². The summed E-state index contributed by atoms with van der Waals surface area (Å²) in [7, 11) is -0.892. The Morgan fingerprint density at radius 3 is 1.78 bits per heavy atom. The monoisotopic (exact) mass is 140 g/mol. The van der Waals surface area contributed by atoms with E-state index in [1.165, 1.54) is 12.8 Å². The fourth-order valence-electron chi connectivity index (χ4n) is 1.39. The van der Waals surface area contributed by atoms with Gasteiger partial charge < -0.3 is 0 Å². The Hall–Kier alpha value is -0.0431. The highest BCUT2D eigenvalue weighted by Crippen LogP contribution is 2.61. The van der Waals surface area contributed by atoms with Crippen LogP contribution in [-0.2, 0) is 0 Å². The molecule has 1 fully saturated rings. The molecule has 0 amide bonds. The Labute approximate surface area is 59.0 Å². The lowest BCUT2D eigenvalue weighted by Crippen LogP contribution is -2.27. The average molecular weight is 140 g/mol. The second-order valence-corrected chi connectivity index (χ2v) is 9.61. The third kappa shape index (κ3) is 0.982. The van der Waals surface area contributed by atoms with E-state index >= 15 is 0 Å². The van der Waals surface area contributed by atoms with Gasteiger partial charge in [0.15, 0.2) is 0 Å². The molecular formula is C8H16Si. The zero-order valence-corrected chi connectivity index (χ0v) is 7.70. The van der Waals surface area contributed by atoms with E-state index in [0.717, 1.165) is 0 Å². The van der Waals surface area contributed by atoms with Crippen LogP contribution in [0.1, 0.15) is 12.8 Å². The molecule has 0 aliphatic heterocycles. The highest BCUT2D eigenvalue weighted by atomic mass is 28.3. The number of rotatable bonds is 2. The Morgan fingerprint density at radius 2 is 1.78 bits per heavy atom. The Kier molecular flexibility index (Phi) is 1.35. The summed E-state index contributed by atoms with van der Waals surface area (Å²) in [6.45, 7) is 11.2. The van der Waals surface area contributed by atoms with Crippen LogP contribution in [0.15, 0.2) is 12.7 Å². The minimum atomic E-state index is -0.892. The van der Waals surface area contributed by atoms with Crippen molar-refractivity contribution in [2.24, 2.45) is 0 Å². The normalized spacial score (nSPS) is 23.4. The summed E-state index contributed by atoms with van der Waals surface area (Å²) in [6, 6.07) is 0. The maximum atomic E-state index is 3.90. The topological polar surface area (TPSA) is 0 Å². The summed E-state index contributed by atoms with van der Waals surface area (Å²) < 4.78 is 0. The molecule has 1 saturated carbocycles. The third-order valence-corrected chi connectivity index (χ3v) is 6.36. The van der Waals surface area contributed by atoms with E-state index in [4.69, 9.17) is 0 Å². The van der Waals surface area contributed by atoms with Gasteiger partial charge in [-0.25, -0.2) is 0 Å². The van der Waals surface area contributed by atoms with E-state index in [1.807, 2.05) is 0 Å². The second-order valence-electron chi connectivity index (χ2n) is 4.11. The van der Waals surface area contributed by atoms with Gasteiger partial charge in [0.1, 0.15) is 0 Å². The van der Waals surface area contributed by atoms with Gasteiger partial charge in [0.25, 0.3) is 0 Å². The van der Waals surface area contributed by atoms with Crippen molar-refractivity contribution in [1.82, 2.24) is 0 Å². The zero-order valence-electron chi connectivity index (χ0n) is 6.70. The van der Waals surface area contributed by atoms with Crippen LogP contribution in [0, 0.1) is 0 Å². The van der Waals surface area contributed by atoms with E-state index < -0.39 is 8.07 Å². The van der Waals surface area contributed by atoms with Crippen LogP contribution in [0.5, 0.6) is 0 Å². The predicted molar refractivity (Wildman–Crippen MR) is 45.5 cm³/mol. The molecule has 0 unspecified atom stereocenters. The summed E-state index contributed by atoms with van der Waals surface area (Å²) >= 11 is 0. The van der Waals surface area contributed by atoms with Gasteiger partial charge in [-0.3, -0.25) is 0 Å². The summed E-state index contributed by atoms with van der Waals surface area (Å²) in [5.74, 6) is 0. The Bertz CT molecular complexity index is 126. The molecule has 0 N–H and O–H groups in total. The third-order valence-electron chi connectivity index (χ3n) is 2.67. The van der Waals surface area contributed by atoms with Gasteiger partial charge in [-0.1, -0.05) is 25.7 Å². The molecule has 0 saturated heterocycles. The van der Waals surface area contributed by atoms with E-state index in [1.54, 1.807) is 0 Å². The predicted octanol–water partition coefficient (Wildman–Crippen LogP) is 3.04. The van der Waals surface area contributed by atoms with Crippen molar-refractivity contribution >= 4 is 8.07 Å². The van der Waals surface area contributed by atoms with Gasteiger partial charge in [0.2, 0.25) is 0 Å². The molecule has 0 nitrogen and oxygen atoms in total. The largest absolute Gasteiger partial charge is 0.103 e. The molecule has 1 rings (SSSR count). The summed E-state index contributed by atoms with van der Waals surface area (Å²) in [5, 5.41) is 0.632. The van der Waals surface area contributed by atoms with Crippen molar-refractivity contribution in [3.05, 3.63) is 12.7 Å². The molecule has 0 atom stereocenters. The molecule has 1 aliphatic carbocycles. The van der Waals surface area contributed by atoms with Crippen molar-refractivity contribution in [1.29, 1.82) is 0 Å². The zero-order chi connectivity index (χ0) is 7.12. The van der Waals surface area contributed by atoms with Crippen molar-refractivity contribution in [3.8, 4) is 0 Å². The van der Waals surface area contributed by atoms with E-state index in [0.29, 0.717) is 5.04 Å². The summed E-state index contributed by atoms with van der Waals surface area (Å²) in [6.07, 6.45) is 5.01. The van der Waals surface area contributed by atoms with Crippen LogP contribution in [0.2, 0.25) is 24.7 Å². The highest BCUT2D eigenvalue weighted by molar-refractivity contribution is 6.80. The van der Waals surface area contributed by atoms with Crippen molar-refractivity contribution in [2.45, 2.75) is 37.5 Å². The standard InChI is InChI=1S/C8H16Si/c1-5-8(6-7-8)9(2,3)4/h5H,1,6-7H2,2-4H3. The number of hydrogen-bond donors (Lipinski definition) is 0. The molecule has 52 valence electrons. The Morgan fingerprint density at radius 1 is 1.33 bits per heavy atom. The maximum Gasteiger partial charge on any atom is 0.0549 e. The fourth-order valence-corrected chi connectivity index (χ4v) is 3.63. The molecule has 0 aromatic heterocycles. The highest BCUT2D eigenvalue weighted by Gasteiger charge is 2.50. The molecule has 9 heavy (non-hydrogen) atoms. The minimum Gasteiger partial charge on any atom is -0.103 e. The van der Waals surface area contributed by atoms with Gasteiger partial charge in [-0.05, 0) is 17.9 Å². The maximum absolute atomic E-state index is 3.90. The van der Waals surface area contributed by atoms with E-state index in [-0.39, 0.29) is 0 Å². The van der Waals surface area contributed by atoms with Crippen molar-refractivity contribution in [3.63, 3.8) is 0 Å². The fraction of sp³-hybridized carbons (Fsp3) is 0.750. The lowest BCUT2D eigenvalue weighted by molar-refractivity contribution is 1.07. The lowest BCUT2D eigenvalue weighted by atomic mass is 10.4. The lowest BCUT2D eigenvalue weighted by Gasteiger charge is -2.24. The smallest absolute Gasteiger partial charge is 0.0549 e. The first kappa shape index (κ1) is 7.07. The first-order valence-corrected chi connectivity index (χ1v) is 7.15. The van der Waals surface area contributed by atoms with E-state index in [9.17, 15) is 0 Å². The first-order valence-electron chi connectivity index (χ1n) is 3.65. The van der Waals surface area contributed by atoms with Gasteiger partial charge in [-0.15, -0.1) is 6.58 Å². The first-order chi connectivity index (χ1) is 4.02. The number of hydrogen-bond acceptors (Lipinski definition) is 0. The van der Waals surface area contributed by atoms with Crippen LogP contribution in [0.25, 0.3) is 0 Å². The van der Waals surface area contributed by atoms with Crippen LogP contribution in [0.4, 0.5) is 0 Å². The molecule has 0 spiro atoms. The molecule has 0 aromatic carbocycles. The molecule has 0 heterocycles. The second kappa shape index (κ2) is 1.72. The molecule has 1 aliphatic rings. The molecular weight excluding hydrogens is 124 g/mol. The van der Waals surface area contributed by atoms with E-state index in [2.05, 4.69) is 32.3 Å². The molecule has 0 aromatic rings. The molecule has 1 heteroatoms. The SMILES string of the molecule is C=CC1([Si](C)(C)C)CC1. The van der Waals surface area contributed by atoms with Crippen molar-refractivity contribution < 1.29 is 0 Å². The number of allylic oxidation sites excluding steroid dienone is 1.